The number of carboxylic acid groups (broad SMARTS) is 1. The van der Waals surface area contributed by atoms with Crippen LogP contribution in [0.5, 0.6) is 0 Å². The molecule has 2 rings (SSSR count). The fourth-order valence-electron chi connectivity index (χ4n) is 3.54. The smallest absolute Gasteiger partial charge is 0.311 e. The third-order valence-electron chi connectivity index (χ3n) is 4.93. The highest BCUT2D eigenvalue weighted by atomic mass is 79.9. The van der Waals surface area contributed by atoms with E-state index in [-0.39, 0.29) is 24.6 Å². The number of terminal acetylenes is 1. The standard InChI is InChI=1S/C16H16Br2N2O4/c1-4-5-19-8-10(11(9-19)20(23)24)7-16(14(21)22)12(6-13(17)18)15(16,2)3/h1,6,8-9,12H,5,7H2,2-3H3,(H,21,22)/t12-,16+/m1/s1. The van der Waals surface area contributed by atoms with Gasteiger partial charge in [-0.3, -0.25) is 14.9 Å². The predicted molar refractivity (Wildman–Crippen MR) is 96.9 cm³/mol. The lowest BCUT2D eigenvalue weighted by Crippen LogP contribution is -2.24. The second-order valence-electron chi connectivity index (χ2n) is 6.41. The van der Waals surface area contributed by atoms with Crippen LogP contribution in [0.1, 0.15) is 19.4 Å². The lowest BCUT2D eigenvalue weighted by atomic mass is 9.89. The first-order valence-electron chi connectivity index (χ1n) is 7.10. The van der Waals surface area contributed by atoms with Crippen molar-refractivity contribution in [1.29, 1.82) is 0 Å². The summed E-state index contributed by atoms with van der Waals surface area (Å²) in [4.78, 5) is 22.8. The minimum atomic E-state index is -1.10. The van der Waals surface area contributed by atoms with E-state index < -0.39 is 21.7 Å². The van der Waals surface area contributed by atoms with Crippen LogP contribution in [0.2, 0.25) is 0 Å². The van der Waals surface area contributed by atoms with Crippen LogP contribution in [-0.2, 0) is 17.8 Å². The number of nitro groups is 1. The highest BCUT2D eigenvalue weighted by molar-refractivity contribution is 9.28. The molecule has 24 heavy (non-hydrogen) atoms. The molecule has 1 aromatic rings. The Morgan fingerprint density at radius 2 is 2.17 bits per heavy atom. The van der Waals surface area contributed by atoms with Gasteiger partial charge in [-0.1, -0.05) is 25.8 Å². The fraction of sp³-hybridized carbons (Fsp3) is 0.438. The van der Waals surface area contributed by atoms with Crippen molar-refractivity contribution in [2.75, 3.05) is 0 Å². The molecule has 1 aromatic heterocycles. The molecule has 0 spiro atoms. The number of allylic oxidation sites excluding steroid dienone is 1. The third-order valence-corrected chi connectivity index (χ3v) is 5.46. The molecule has 128 valence electrons. The van der Waals surface area contributed by atoms with E-state index in [0.717, 1.165) is 0 Å². The Bertz CT molecular complexity index is 772. The van der Waals surface area contributed by atoms with Gasteiger partial charge in [-0.05, 0) is 43.7 Å². The lowest BCUT2D eigenvalue weighted by Gasteiger charge is -2.14. The minimum Gasteiger partial charge on any atom is -0.481 e. The molecule has 2 atom stereocenters. The second kappa shape index (κ2) is 6.37. The Morgan fingerprint density at radius 3 is 2.62 bits per heavy atom. The Hall–Kier alpha value is -1.59. The summed E-state index contributed by atoms with van der Waals surface area (Å²) in [7, 11) is 0. The van der Waals surface area contributed by atoms with Crippen molar-refractivity contribution in [2.45, 2.75) is 26.8 Å². The molecule has 6 nitrogen and oxygen atoms in total. The molecule has 0 aromatic carbocycles. The Labute approximate surface area is 156 Å². The van der Waals surface area contributed by atoms with Crippen molar-refractivity contribution in [3.8, 4) is 12.3 Å². The zero-order valence-corrected chi connectivity index (χ0v) is 16.3. The normalized spacial score (nSPS) is 24.0. The maximum absolute atomic E-state index is 12.0. The number of carbonyl (C=O) groups is 1. The van der Waals surface area contributed by atoms with Gasteiger partial charge in [0.05, 0.1) is 26.5 Å². The van der Waals surface area contributed by atoms with E-state index in [4.69, 9.17) is 6.42 Å². The first-order chi connectivity index (χ1) is 11.1. The topological polar surface area (TPSA) is 85.4 Å². The SMILES string of the molecule is C#CCn1cc(C[C@@]2(C(=O)O)[C@H](C=C(Br)Br)C2(C)C)c([N+](=O)[O-])c1. The van der Waals surface area contributed by atoms with Gasteiger partial charge in [-0.2, -0.15) is 0 Å². The van der Waals surface area contributed by atoms with E-state index >= 15 is 0 Å². The molecule has 1 heterocycles. The fourth-order valence-corrected chi connectivity index (χ4v) is 4.06. The van der Waals surface area contributed by atoms with E-state index in [1.165, 1.54) is 10.8 Å². The molecule has 0 aliphatic heterocycles. The van der Waals surface area contributed by atoms with Crippen LogP contribution < -0.4 is 0 Å². The summed E-state index contributed by atoms with van der Waals surface area (Å²) in [5, 5.41) is 21.2. The highest BCUT2D eigenvalue weighted by Crippen LogP contribution is 2.71. The third kappa shape index (κ3) is 2.91. The lowest BCUT2D eigenvalue weighted by molar-refractivity contribution is -0.385. The maximum Gasteiger partial charge on any atom is 0.311 e. The van der Waals surface area contributed by atoms with Crippen LogP contribution >= 0.6 is 31.9 Å². The van der Waals surface area contributed by atoms with Gasteiger partial charge in [0.15, 0.2) is 0 Å². The monoisotopic (exact) mass is 458 g/mol. The van der Waals surface area contributed by atoms with Crippen LogP contribution in [0.4, 0.5) is 5.69 Å². The zero-order chi connectivity index (χ0) is 18.3. The molecule has 0 amide bonds. The average molecular weight is 460 g/mol. The molecule has 8 heteroatoms. The van der Waals surface area contributed by atoms with Crippen LogP contribution in [0, 0.1) is 39.2 Å². The second-order valence-corrected chi connectivity index (χ2v) is 9.18. The summed E-state index contributed by atoms with van der Waals surface area (Å²) in [5.41, 5.74) is -1.36. The summed E-state index contributed by atoms with van der Waals surface area (Å²) in [6.07, 6.45) is 10.0. The van der Waals surface area contributed by atoms with Gasteiger partial charge in [0.2, 0.25) is 0 Å². The van der Waals surface area contributed by atoms with E-state index in [1.54, 1.807) is 12.3 Å². The van der Waals surface area contributed by atoms with E-state index in [2.05, 4.69) is 37.8 Å². The number of halogens is 2. The van der Waals surface area contributed by atoms with Crippen molar-refractivity contribution < 1.29 is 14.8 Å². The number of rotatable bonds is 6. The van der Waals surface area contributed by atoms with Crippen molar-refractivity contribution in [1.82, 2.24) is 4.57 Å². The van der Waals surface area contributed by atoms with E-state index in [0.29, 0.717) is 8.96 Å². The minimum absolute atomic E-state index is 0.0671. The van der Waals surface area contributed by atoms with Gasteiger partial charge in [-0.25, -0.2) is 0 Å². The van der Waals surface area contributed by atoms with Gasteiger partial charge in [-0.15, -0.1) is 6.42 Å². The molecule has 1 saturated carbocycles. The Morgan fingerprint density at radius 1 is 1.54 bits per heavy atom. The molecular formula is C16H16Br2N2O4. The van der Waals surface area contributed by atoms with Crippen LogP contribution in [0.3, 0.4) is 0 Å². The molecule has 1 aliphatic carbocycles. The molecule has 1 fully saturated rings. The average Bonchev–Trinajstić information content (AvgIpc) is 2.78. The number of aliphatic carboxylic acids is 1. The van der Waals surface area contributed by atoms with E-state index in [1.807, 2.05) is 13.8 Å². The van der Waals surface area contributed by atoms with Crippen LogP contribution in [-0.4, -0.2) is 20.6 Å². The van der Waals surface area contributed by atoms with Crippen molar-refractivity contribution in [3.63, 3.8) is 0 Å². The summed E-state index contributed by atoms with van der Waals surface area (Å²) in [6, 6.07) is 0. The number of hydrogen-bond donors (Lipinski definition) is 1. The Kier molecular flexibility index (Phi) is 4.98. The maximum atomic E-state index is 12.0. The quantitative estimate of drug-likeness (QED) is 0.396. The molecule has 0 saturated heterocycles. The molecular weight excluding hydrogens is 444 g/mol. The number of carboxylic acids is 1. The van der Waals surface area contributed by atoms with Crippen molar-refractivity contribution >= 4 is 43.5 Å². The summed E-state index contributed by atoms with van der Waals surface area (Å²) in [6.45, 7) is 3.91. The van der Waals surface area contributed by atoms with Crippen LogP contribution in [0.25, 0.3) is 0 Å². The number of nitrogens with zero attached hydrogens (tertiary/aromatic N) is 2. The van der Waals surface area contributed by atoms with Gasteiger partial charge in [0.1, 0.15) is 0 Å². The molecule has 0 unspecified atom stereocenters. The zero-order valence-electron chi connectivity index (χ0n) is 13.1. The Balaban J connectivity index is 2.48. The largest absolute Gasteiger partial charge is 0.481 e. The van der Waals surface area contributed by atoms with Gasteiger partial charge >= 0.3 is 5.97 Å². The first kappa shape index (κ1) is 18.7. The molecule has 0 radical (unpaired) electrons. The van der Waals surface area contributed by atoms with Gasteiger partial charge in [0.25, 0.3) is 5.69 Å². The number of aromatic nitrogens is 1. The van der Waals surface area contributed by atoms with Gasteiger partial charge < -0.3 is 9.67 Å². The summed E-state index contributed by atoms with van der Waals surface area (Å²) in [5.74, 6) is 1.20. The van der Waals surface area contributed by atoms with E-state index in [9.17, 15) is 20.0 Å². The van der Waals surface area contributed by atoms with Crippen molar-refractivity contribution in [3.05, 3.63) is 37.5 Å². The predicted octanol–water partition coefficient (Wildman–Crippen LogP) is 3.93. The first-order valence-corrected chi connectivity index (χ1v) is 8.69. The van der Waals surface area contributed by atoms with Crippen LogP contribution in [0.15, 0.2) is 21.9 Å². The molecule has 0 bridgehead atoms. The number of hydrogen-bond acceptors (Lipinski definition) is 3. The molecule has 1 N–H and O–H groups in total. The van der Waals surface area contributed by atoms with Gasteiger partial charge in [0, 0.05) is 17.7 Å². The summed E-state index contributed by atoms with van der Waals surface area (Å²) < 4.78 is 2.19. The molecule has 1 aliphatic rings. The highest BCUT2D eigenvalue weighted by Gasteiger charge is 2.74. The summed E-state index contributed by atoms with van der Waals surface area (Å²) >= 11 is 6.53. The van der Waals surface area contributed by atoms with Crippen molar-refractivity contribution in [2.24, 2.45) is 16.7 Å².